The summed E-state index contributed by atoms with van der Waals surface area (Å²) >= 11 is 11.6. The number of aromatic hydroxyl groups is 1. The molecule has 19 heteroatoms. The highest BCUT2D eigenvalue weighted by atomic mass is 35.5. The number of sulfone groups is 1. The Morgan fingerprint density at radius 3 is 2.18 bits per heavy atom. The van der Waals surface area contributed by atoms with Crippen LogP contribution in [0, 0.1) is 27.3 Å². The Labute approximate surface area is 290 Å². The summed E-state index contributed by atoms with van der Waals surface area (Å²) in [5.41, 5.74) is -4.90. The number of rotatable bonds is 8. The fraction of sp³-hybridized carbons (Fsp3) is 0.129. The molecule has 4 N–H and O–H groups in total. The number of nitro benzene ring substituents is 1. The first-order chi connectivity index (χ1) is 23.1. The molecule has 0 aliphatic rings. The zero-order valence-corrected chi connectivity index (χ0v) is 27.5. The molecule has 4 rings (SSSR count). The number of hydrogen-bond donors (Lipinski definition) is 4. The summed E-state index contributed by atoms with van der Waals surface area (Å²) in [6.45, 7) is 0.873. The van der Waals surface area contributed by atoms with E-state index >= 15 is 0 Å². The minimum Gasteiger partial charge on any atom is -0.507 e. The second kappa shape index (κ2) is 15.5. The van der Waals surface area contributed by atoms with E-state index in [1.807, 2.05) is 5.32 Å². The van der Waals surface area contributed by atoms with Crippen LogP contribution in [-0.4, -0.2) is 46.7 Å². The number of non-ortho nitro benzene ring substituents is 1. The summed E-state index contributed by atoms with van der Waals surface area (Å²) in [7, 11) is -4.21. The summed E-state index contributed by atoms with van der Waals surface area (Å²) < 4.78 is 76.6. The molecule has 2 amide bonds. The average Bonchev–Trinajstić information content (AvgIpc) is 3.02. The second-order valence-electron chi connectivity index (χ2n) is 10.3. The summed E-state index contributed by atoms with van der Waals surface area (Å²) in [5, 5.41) is 44.0. The molecule has 0 aliphatic carbocycles. The first kappa shape index (κ1) is 39.2. The summed E-state index contributed by atoms with van der Waals surface area (Å²) in [5.74, 6) is -3.93. The highest BCUT2D eigenvalue weighted by Crippen LogP contribution is 2.34. The van der Waals surface area contributed by atoms with E-state index in [1.165, 1.54) is 36.4 Å². The zero-order chi connectivity index (χ0) is 37.6. The van der Waals surface area contributed by atoms with Crippen LogP contribution in [0.4, 0.5) is 34.6 Å². The molecule has 4 aromatic carbocycles. The van der Waals surface area contributed by atoms with E-state index in [9.17, 15) is 55.9 Å². The number of alkyl halides is 3. The lowest BCUT2D eigenvalue weighted by Crippen LogP contribution is -2.45. The number of nitrogens with one attached hydrogen (secondary N) is 2. The number of aliphatic hydroxyl groups is 1. The van der Waals surface area contributed by atoms with Crippen LogP contribution in [0.15, 0.2) is 83.8 Å². The third-order valence-electron chi connectivity index (χ3n) is 6.45. The maximum atomic E-state index is 13.0. The topological polar surface area (TPSA) is 200 Å². The third kappa shape index (κ3) is 10.1. The zero-order valence-electron chi connectivity index (χ0n) is 25.1. The van der Waals surface area contributed by atoms with Crippen LogP contribution in [0.25, 0.3) is 0 Å². The number of amides is 2. The molecule has 4 aromatic rings. The smallest absolute Gasteiger partial charge is 0.417 e. The molecule has 1 atom stereocenters. The monoisotopic (exact) mass is 756 g/mol. The molecule has 0 saturated heterocycles. The van der Waals surface area contributed by atoms with Gasteiger partial charge in [-0.3, -0.25) is 19.7 Å². The number of phenolic OH excluding ortho intramolecular Hbond substituents is 1. The van der Waals surface area contributed by atoms with Gasteiger partial charge >= 0.3 is 6.18 Å². The number of nitriles is 1. The lowest BCUT2D eigenvalue weighted by atomic mass is 10.1. The van der Waals surface area contributed by atoms with Crippen molar-refractivity contribution in [3.63, 3.8) is 0 Å². The standard InChI is InChI=1S/C18H14F4N2O4S.C13H8Cl2N2O4/c1-17(26,10-29(27,28)14-6-3-12(19)4-7-14)16(25)24-13-5-2-11(9-23)15(8-13)18(20,21)22;14-7-1-4-12(18)9(5-7)13(19)16-11-3-2-8(17(20)21)6-10(11)15/h2-8,26H,10H2,1H3,(H,24,25);1-6,18H,(H,16,19). The van der Waals surface area contributed by atoms with Crippen molar-refractivity contribution in [1.29, 1.82) is 5.26 Å². The Morgan fingerprint density at radius 1 is 0.980 bits per heavy atom. The normalized spacial score (nSPS) is 12.4. The van der Waals surface area contributed by atoms with Crippen LogP contribution in [-0.2, 0) is 20.8 Å². The number of nitrogens with zero attached hydrogens (tertiary/aromatic N) is 2. The van der Waals surface area contributed by atoms with E-state index in [4.69, 9.17) is 28.5 Å². The Bertz CT molecular complexity index is 2110. The van der Waals surface area contributed by atoms with Gasteiger partial charge in [0.25, 0.3) is 17.5 Å². The van der Waals surface area contributed by atoms with E-state index in [1.54, 1.807) is 0 Å². The van der Waals surface area contributed by atoms with Crippen molar-refractivity contribution >= 4 is 61.9 Å². The Balaban J connectivity index is 0.000000284. The summed E-state index contributed by atoms with van der Waals surface area (Å²) in [4.78, 5) is 34.0. The van der Waals surface area contributed by atoms with E-state index in [0.717, 1.165) is 49.4 Å². The van der Waals surface area contributed by atoms with Crippen LogP contribution in [0.2, 0.25) is 10.0 Å². The first-order valence-corrected chi connectivity index (χ1v) is 15.9. The minimum atomic E-state index is -4.86. The molecular weight excluding hydrogens is 735 g/mol. The molecule has 1 unspecified atom stereocenters. The van der Waals surface area contributed by atoms with Gasteiger partial charge in [0.1, 0.15) is 11.6 Å². The largest absolute Gasteiger partial charge is 0.507 e. The van der Waals surface area contributed by atoms with Gasteiger partial charge in [-0.2, -0.15) is 18.4 Å². The van der Waals surface area contributed by atoms with E-state index < -0.39 is 61.0 Å². The number of phenols is 1. The molecule has 0 radical (unpaired) electrons. The predicted octanol–water partition coefficient (Wildman–Crippen LogP) is 6.74. The molecule has 0 aromatic heterocycles. The molecular formula is C31H22Cl2F4N4O8S. The summed E-state index contributed by atoms with van der Waals surface area (Å²) in [6.07, 6.45) is -4.86. The molecule has 50 heavy (non-hydrogen) atoms. The van der Waals surface area contributed by atoms with Crippen molar-refractivity contribution in [1.82, 2.24) is 0 Å². The number of carbonyl (C=O) groups excluding carboxylic acids is 2. The van der Waals surface area contributed by atoms with Crippen molar-refractivity contribution < 1.29 is 50.7 Å². The van der Waals surface area contributed by atoms with Gasteiger partial charge in [-0.15, -0.1) is 0 Å². The maximum Gasteiger partial charge on any atom is 0.417 e. The minimum absolute atomic E-state index is 0.0130. The van der Waals surface area contributed by atoms with E-state index in [0.29, 0.717) is 6.07 Å². The molecule has 0 spiro atoms. The average molecular weight is 758 g/mol. The lowest BCUT2D eigenvalue weighted by Gasteiger charge is -2.22. The van der Waals surface area contributed by atoms with E-state index in [-0.39, 0.29) is 43.3 Å². The van der Waals surface area contributed by atoms with Gasteiger partial charge in [0.05, 0.1) is 49.0 Å². The quantitative estimate of drug-likeness (QED) is 0.0651. The summed E-state index contributed by atoms with van der Waals surface area (Å²) in [6, 6.07) is 15.1. The predicted molar refractivity (Wildman–Crippen MR) is 173 cm³/mol. The van der Waals surface area contributed by atoms with Crippen molar-refractivity contribution in [2.45, 2.75) is 23.6 Å². The maximum absolute atomic E-state index is 13.0. The Hall–Kier alpha value is -5.28. The molecule has 12 nitrogen and oxygen atoms in total. The fourth-order valence-electron chi connectivity index (χ4n) is 3.98. The third-order valence-corrected chi connectivity index (χ3v) is 8.93. The van der Waals surface area contributed by atoms with Gasteiger partial charge in [-0.1, -0.05) is 23.2 Å². The molecule has 262 valence electrons. The van der Waals surface area contributed by atoms with Crippen LogP contribution < -0.4 is 10.6 Å². The Morgan fingerprint density at radius 2 is 1.62 bits per heavy atom. The second-order valence-corrected chi connectivity index (χ2v) is 13.2. The van der Waals surface area contributed by atoms with Gasteiger partial charge in [-0.25, -0.2) is 12.8 Å². The van der Waals surface area contributed by atoms with Crippen molar-refractivity contribution in [3.8, 4) is 11.8 Å². The van der Waals surface area contributed by atoms with Gasteiger partial charge in [0.15, 0.2) is 15.4 Å². The number of anilines is 2. The SMILES string of the molecule is CC(O)(CS(=O)(=O)c1ccc(F)cc1)C(=O)Nc1ccc(C#N)c(C(F)(F)F)c1.O=C(Nc1ccc([N+](=O)[O-])cc1Cl)c1cc(Cl)ccc1O. The number of halogens is 6. The van der Waals surface area contributed by atoms with Crippen LogP contribution in [0.1, 0.15) is 28.4 Å². The highest BCUT2D eigenvalue weighted by Gasteiger charge is 2.38. The molecule has 0 fully saturated rings. The number of hydrogen-bond acceptors (Lipinski definition) is 9. The number of benzene rings is 4. The van der Waals surface area contributed by atoms with Crippen LogP contribution >= 0.6 is 23.2 Å². The Kier molecular flexibility index (Phi) is 12.1. The lowest BCUT2D eigenvalue weighted by molar-refractivity contribution is -0.384. The van der Waals surface area contributed by atoms with Gasteiger partial charge < -0.3 is 20.8 Å². The molecule has 0 aliphatic heterocycles. The van der Waals surface area contributed by atoms with Crippen molar-refractivity contribution in [3.05, 3.63) is 122 Å². The first-order valence-electron chi connectivity index (χ1n) is 13.5. The molecule has 0 bridgehead atoms. The van der Waals surface area contributed by atoms with Gasteiger partial charge in [0, 0.05) is 22.8 Å². The van der Waals surface area contributed by atoms with Crippen molar-refractivity contribution in [2.75, 3.05) is 16.4 Å². The van der Waals surface area contributed by atoms with Crippen molar-refractivity contribution in [2.24, 2.45) is 0 Å². The highest BCUT2D eigenvalue weighted by molar-refractivity contribution is 7.91. The van der Waals surface area contributed by atoms with E-state index in [2.05, 4.69) is 5.32 Å². The van der Waals surface area contributed by atoms with Gasteiger partial charge in [-0.05, 0) is 73.7 Å². The molecule has 0 saturated carbocycles. The molecule has 0 heterocycles. The van der Waals surface area contributed by atoms with Crippen LogP contribution in [0.3, 0.4) is 0 Å². The van der Waals surface area contributed by atoms with Crippen LogP contribution in [0.5, 0.6) is 5.75 Å². The number of nitro groups is 1. The van der Waals surface area contributed by atoms with Gasteiger partial charge in [0.2, 0.25) is 0 Å². The fourth-order valence-corrected chi connectivity index (χ4v) is 5.96. The number of carbonyl (C=O) groups is 2.